The minimum atomic E-state index is -0.734. The molecule has 2 aromatic heterocycles. The van der Waals surface area contributed by atoms with Crippen molar-refractivity contribution in [1.29, 1.82) is 0 Å². The van der Waals surface area contributed by atoms with Crippen LogP contribution in [0.2, 0.25) is 0 Å². The van der Waals surface area contributed by atoms with Crippen LogP contribution in [0.3, 0.4) is 0 Å². The van der Waals surface area contributed by atoms with E-state index in [-0.39, 0.29) is 50.3 Å². The van der Waals surface area contributed by atoms with Gasteiger partial charge in [0.05, 0.1) is 19.3 Å². The van der Waals surface area contributed by atoms with E-state index in [0.29, 0.717) is 0 Å². The molecule has 0 unspecified atom stereocenters. The van der Waals surface area contributed by atoms with Gasteiger partial charge in [0.15, 0.2) is 0 Å². The maximum absolute atomic E-state index is 11.9. The van der Waals surface area contributed by atoms with Crippen LogP contribution < -0.4 is 16.1 Å². The summed E-state index contributed by atoms with van der Waals surface area (Å²) < 4.78 is 11.1. The number of hydrogen-bond acceptors (Lipinski definition) is 5. The summed E-state index contributed by atoms with van der Waals surface area (Å²) in [6.07, 6.45) is 1.41. The van der Waals surface area contributed by atoms with E-state index in [1.165, 1.54) is 16.8 Å². The largest absolute Gasteiger partial charge is 0.497 e. The van der Waals surface area contributed by atoms with Crippen molar-refractivity contribution < 1.29 is 41.9 Å². The summed E-state index contributed by atoms with van der Waals surface area (Å²) >= 11 is 0. The van der Waals surface area contributed by atoms with E-state index in [9.17, 15) is 9.59 Å². The molecule has 1 radical (unpaired) electrons. The summed E-state index contributed by atoms with van der Waals surface area (Å²) in [5, 5.41) is 0.227. The van der Waals surface area contributed by atoms with E-state index < -0.39 is 11.4 Å². The Morgan fingerprint density at radius 3 is 2.68 bits per heavy atom. The Bertz CT molecular complexity index is 900. The smallest absolute Gasteiger partial charge is 0.421 e. The van der Waals surface area contributed by atoms with E-state index in [4.69, 9.17) is 9.15 Å². The molecule has 3 rings (SSSR count). The SMILES string of the molecule is COc1ccc(Cn2c(=O)oc(=O)c3c[c-]cnc32)cc1.[Y]. The third kappa shape index (κ3) is 3.18. The molecule has 0 aliphatic heterocycles. The molecular weight excluding hydrogens is 361 g/mol. The molecule has 22 heavy (non-hydrogen) atoms. The van der Waals surface area contributed by atoms with E-state index in [2.05, 4.69) is 11.1 Å². The normalized spacial score (nSPS) is 10.2. The summed E-state index contributed by atoms with van der Waals surface area (Å²) in [5.74, 6) is -0.00899. The van der Waals surface area contributed by atoms with Gasteiger partial charge < -0.3 is 9.15 Å². The van der Waals surface area contributed by atoms with Gasteiger partial charge in [0.25, 0.3) is 5.63 Å². The maximum Gasteiger partial charge on any atom is 0.421 e. The van der Waals surface area contributed by atoms with Crippen LogP contribution in [0.1, 0.15) is 5.56 Å². The first-order chi connectivity index (χ1) is 10.2. The van der Waals surface area contributed by atoms with Crippen LogP contribution in [0, 0.1) is 6.07 Å². The van der Waals surface area contributed by atoms with Gasteiger partial charge in [0.1, 0.15) is 5.75 Å². The summed E-state index contributed by atoms with van der Waals surface area (Å²) in [6, 6.07) is 11.4. The van der Waals surface area contributed by atoms with Gasteiger partial charge >= 0.3 is 5.76 Å². The third-order valence-electron chi connectivity index (χ3n) is 3.11. The number of rotatable bonds is 3. The number of pyridine rings is 1. The van der Waals surface area contributed by atoms with Crippen LogP contribution in [-0.4, -0.2) is 16.7 Å². The molecule has 109 valence electrons. The number of ether oxygens (including phenoxy) is 1. The van der Waals surface area contributed by atoms with Crippen LogP contribution in [0.15, 0.2) is 50.5 Å². The predicted octanol–water partition coefficient (Wildman–Crippen LogP) is 1.20. The number of nitrogens with zero attached hydrogens (tertiary/aromatic N) is 2. The van der Waals surface area contributed by atoms with Crippen molar-refractivity contribution in [3.8, 4) is 5.75 Å². The first-order valence-corrected chi connectivity index (χ1v) is 6.22. The Hall–Kier alpha value is -1.79. The topological polar surface area (TPSA) is 74.3 Å². The minimum Gasteiger partial charge on any atom is -0.497 e. The van der Waals surface area contributed by atoms with E-state index >= 15 is 0 Å². The fourth-order valence-electron chi connectivity index (χ4n) is 2.05. The first kappa shape index (κ1) is 16.6. The molecule has 0 N–H and O–H groups in total. The van der Waals surface area contributed by atoms with E-state index in [0.717, 1.165) is 11.3 Å². The Kier molecular flexibility index (Phi) is 5.26. The summed E-state index contributed by atoms with van der Waals surface area (Å²) in [5.41, 5.74) is 0.443. The fourth-order valence-corrected chi connectivity index (χ4v) is 2.05. The average Bonchev–Trinajstić information content (AvgIpc) is 2.52. The Balaban J connectivity index is 0.00000176. The number of aromatic nitrogens is 2. The Morgan fingerprint density at radius 1 is 1.27 bits per heavy atom. The average molecular weight is 372 g/mol. The van der Waals surface area contributed by atoms with Gasteiger partial charge in [0, 0.05) is 32.7 Å². The molecule has 0 bridgehead atoms. The van der Waals surface area contributed by atoms with E-state index in [1.54, 1.807) is 19.2 Å². The second-order valence-corrected chi connectivity index (χ2v) is 4.40. The van der Waals surface area contributed by atoms with Gasteiger partial charge in [0.2, 0.25) is 0 Å². The minimum absolute atomic E-state index is 0. The van der Waals surface area contributed by atoms with Crippen molar-refractivity contribution in [2.75, 3.05) is 7.11 Å². The number of methoxy groups -OCH3 is 1. The van der Waals surface area contributed by atoms with Crippen molar-refractivity contribution in [2.45, 2.75) is 6.54 Å². The molecule has 0 saturated carbocycles. The van der Waals surface area contributed by atoms with Crippen LogP contribution in [0.25, 0.3) is 11.0 Å². The van der Waals surface area contributed by atoms with Crippen LogP contribution in [0.5, 0.6) is 5.75 Å². The zero-order chi connectivity index (χ0) is 14.8. The monoisotopic (exact) mass is 372 g/mol. The molecule has 0 amide bonds. The molecule has 2 heterocycles. The van der Waals surface area contributed by atoms with Gasteiger partial charge in [-0.05, 0) is 23.1 Å². The molecule has 0 spiro atoms. The van der Waals surface area contributed by atoms with Gasteiger partial charge in [-0.15, -0.1) is 0 Å². The molecule has 3 aromatic rings. The van der Waals surface area contributed by atoms with Crippen molar-refractivity contribution in [2.24, 2.45) is 0 Å². The second-order valence-electron chi connectivity index (χ2n) is 4.40. The summed E-state index contributed by atoms with van der Waals surface area (Å²) in [7, 11) is 1.58. The van der Waals surface area contributed by atoms with E-state index in [1.807, 2.05) is 12.1 Å². The van der Waals surface area contributed by atoms with Crippen molar-refractivity contribution in [3.63, 3.8) is 0 Å². The van der Waals surface area contributed by atoms with Crippen molar-refractivity contribution in [1.82, 2.24) is 9.55 Å². The summed E-state index contributed by atoms with van der Waals surface area (Å²) in [4.78, 5) is 27.6. The van der Waals surface area contributed by atoms with Gasteiger partial charge in [-0.1, -0.05) is 18.3 Å². The first-order valence-electron chi connectivity index (χ1n) is 6.22. The number of fused-ring (bicyclic) bond motifs is 1. The molecule has 0 aliphatic rings. The molecule has 0 aliphatic carbocycles. The summed E-state index contributed by atoms with van der Waals surface area (Å²) in [6.45, 7) is 0.250. The molecule has 0 saturated heterocycles. The number of benzene rings is 1. The zero-order valence-electron chi connectivity index (χ0n) is 11.8. The number of hydrogen-bond donors (Lipinski definition) is 0. The Labute approximate surface area is 150 Å². The predicted molar refractivity (Wildman–Crippen MR) is 75.5 cm³/mol. The molecule has 0 atom stereocenters. The molecule has 7 heteroatoms. The standard InChI is InChI=1S/C15H11N2O4.Y/c1-20-11-6-4-10(5-7-11)9-17-13-12(3-2-8-16-13)14(18)21-15(17)19;/h3-8H,9H2,1H3;/q-1;. The molecule has 6 nitrogen and oxygen atoms in total. The van der Waals surface area contributed by atoms with Crippen molar-refractivity contribution in [3.05, 3.63) is 69.1 Å². The van der Waals surface area contributed by atoms with Gasteiger partial charge in [-0.25, -0.2) is 16.9 Å². The molecule has 0 fully saturated rings. The molecular formula is C15H11N2O4Y-. The molecule has 1 aromatic carbocycles. The van der Waals surface area contributed by atoms with Gasteiger partial charge in [-0.3, -0.25) is 14.3 Å². The van der Waals surface area contributed by atoms with Crippen LogP contribution in [0.4, 0.5) is 0 Å². The van der Waals surface area contributed by atoms with Crippen LogP contribution >= 0.6 is 0 Å². The van der Waals surface area contributed by atoms with Gasteiger partial charge in [-0.2, -0.15) is 0 Å². The maximum atomic E-state index is 11.9. The third-order valence-corrected chi connectivity index (χ3v) is 3.11. The second kappa shape index (κ2) is 6.98. The van der Waals surface area contributed by atoms with Crippen LogP contribution in [-0.2, 0) is 39.3 Å². The Morgan fingerprint density at radius 2 is 2.00 bits per heavy atom. The zero-order valence-corrected chi connectivity index (χ0v) is 14.6. The quantitative estimate of drug-likeness (QED) is 0.646. The fraction of sp³-hybridized carbons (Fsp3) is 0.133. The van der Waals surface area contributed by atoms with Crippen molar-refractivity contribution >= 4 is 11.0 Å².